The van der Waals surface area contributed by atoms with E-state index in [1.807, 2.05) is 17.8 Å². The summed E-state index contributed by atoms with van der Waals surface area (Å²) in [5.74, 6) is -0.987. The molecule has 5 heteroatoms. The number of nitrogens with zero attached hydrogens (tertiary/aromatic N) is 1. The summed E-state index contributed by atoms with van der Waals surface area (Å²) in [6.45, 7) is 0.886. The fraction of sp³-hybridized carbons (Fsp3) is 0.538. The number of nitrogens with one attached hydrogen (secondary N) is 1. The molecule has 0 atom stereocenters. The van der Waals surface area contributed by atoms with Gasteiger partial charge in [-0.2, -0.15) is 11.8 Å². The zero-order valence-electron chi connectivity index (χ0n) is 10.5. The summed E-state index contributed by atoms with van der Waals surface area (Å²) in [4.78, 5) is 14.6. The predicted molar refractivity (Wildman–Crippen MR) is 74.4 cm³/mol. The van der Waals surface area contributed by atoms with E-state index in [-0.39, 0.29) is 5.69 Å². The zero-order valence-corrected chi connectivity index (χ0v) is 11.3. The number of aromatic carboxylic acids is 1. The molecule has 0 amide bonds. The van der Waals surface area contributed by atoms with Gasteiger partial charge in [0.25, 0.3) is 0 Å². The number of rotatable bonds is 5. The van der Waals surface area contributed by atoms with Crippen LogP contribution in [0.4, 0.5) is 5.69 Å². The molecule has 0 bridgehead atoms. The lowest BCUT2D eigenvalue weighted by Crippen LogP contribution is -2.30. The van der Waals surface area contributed by atoms with Crippen molar-refractivity contribution < 1.29 is 9.90 Å². The van der Waals surface area contributed by atoms with E-state index in [2.05, 4.69) is 16.6 Å². The van der Waals surface area contributed by atoms with Crippen LogP contribution in [0.25, 0.3) is 0 Å². The molecule has 0 radical (unpaired) electrons. The predicted octanol–water partition coefficient (Wildman–Crippen LogP) is 2.87. The maximum atomic E-state index is 10.8. The second-order valence-corrected chi connectivity index (χ2v) is 5.96. The molecule has 4 nitrogen and oxygen atoms in total. The monoisotopic (exact) mass is 266 g/mol. The van der Waals surface area contributed by atoms with E-state index in [1.54, 1.807) is 6.07 Å². The maximum Gasteiger partial charge on any atom is 0.354 e. The fourth-order valence-electron chi connectivity index (χ4n) is 2.39. The molecule has 0 spiro atoms. The van der Waals surface area contributed by atoms with E-state index < -0.39 is 5.97 Å². The minimum absolute atomic E-state index is 0.0876. The number of anilines is 1. The highest BCUT2D eigenvalue weighted by atomic mass is 32.2. The first-order valence-electron chi connectivity index (χ1n) is 6.14. The Labute approximate surface area is 111 Å². The van der Waals surface area contributed by atoms with Crippen LogP contribution in [0.5, 0.6) is 0 Å². The van der Waals surface area contributed by atoms with Crippen molar-refractivity contribution in [2.45, 2.75) is 30.4 Å². The molecule has 1 aliphatic rings. The average Bonchev–Trinajstić information content (AvgIpc) is 2.86. The second kappa shape index (κ2) is 5.61. The van der Waals surface area contributed by atoms with Crippen molar-refractivity contribution in [3.63, 3.8) is 0 Å². The van der Waals surface area contributed by atoms with Crippen molar-refractivity contribution in [1.82, 2.24) is 4.98 Å². The van der Waals surface area contributed by atoms with Crippen LogP contribution in [0, 0.1) is 0 Å². The number of carboxylic acids is 1. The standard InChI is InChI=1S/C13H18N2O2S/c1-18-13(5-2-3-6-13)9-15-10-4-7-14-11(8-10)12(16)17/h4,7-8H,2-3,5-6,9H2,1H3,(H,14,15)(H,16,17). The Bertz CT molecular complexity index is 431. The number of pyridine rings is 1. The summed E-state index contributed by atoms with van der Waals surface area (Å²) in [5, 5.41) is 12.2. The van der Waals surface area contributed by atoms with Gasteiger partial charge in [0.2, 0.25) is 0 Å². The highest BCUT2D eigenvalue weighted by Gasteiger charge is 2.32. The van der Waals surface area contributed by atoms with Crippen LogP contribution in [0.3, 0.4) is 0 Å². The normalized spacial score (nSPS) is 17.6. The maximum absolute atomic E-state index is 10.8. The lowest BCUT2D eigenvalue weighted by Gasteiger charge is -2.27. The molecule has 1 heterocycles. The molecule has 0 aromatic carbocycles. The van der Waals surface area contributed by atoms with Gasteiger partial charge in [-0.25, -0.2) is 9.78 Å². The third-order valence-corrected chi connectivity index (χ3v) is 4.96. The SMILES string of the molecule is CSC1(CNc2ccnc(C(=O)O)c2)CCCC1. The van der Waals surface area contributed by atoms with Crippen molar-refractivity contribution in [2.24, 2.45) is 0 Å². The van der Waals surface area contributed by atoms with Gasteiger partial charge >= 0.3 is 5.97 Å². The van der Waals surface area contributed by atoms with E-state index in [9.17, 15) is 4.79 Å². The molecule has 2 N–H and O–H groups in total. The molecule has 1 saturated carbocycles. The number of hydrogen-bond acceptors (Lipinski definition) is 4. The highest BCUT2D eigenvalue weighted by molar-refractivity contribution is 8.00. The average molecular weight is 266 g/mol. The molecular formula is C13H18N2O2S. The summed E-state index contributed by atoms with van der Waals surface area (Å²) in [6, 6.07) is 3.40. The van der Waals surface area contributed by atoms with E-state index in [4.69, 9.17) is 5.11 Å². The summed E-state index contributed by atoms with van der Waals surface area (Å²) in [5.41, 5.74) is 0.923. The van der Waals surface area contributed by atoms with Gasteiger partial charge in [-0.15, -0.1) is 0 Å². The van der Waals surface area contributed by atoms with Crippen LogP contribution in [0.2, 0.25) is 0 Å². The quantitative estimate of drug-likeness (QED) is 0.858. The molecule has 0 aliphatic heterocycles. The van der Waals surface area contributed by atoms with E-state index in [1.165, 1.54) is 31.9 Å². The van der Waals surface area contributed by atoms with Gasteiger partial charge in [0.05, 0.1) is 0 Å². The van der Waals surface area contributed by atoms with Gasteiger partial charge in [0.1, 0.15) is 5.69 Å². The number of thioether (sulfide) groups is 1. The van der Waals surface area contributed by atoms with Crippen LogP contribution < -0.4 is 5.32 Å². The summed E-state index contributed by atoms with van der Waals surface area (Å²) >= 11 is 1.92. The topological polar surface area (TPSA) is 62.2 Å². The minimum atomic E-state index is -0.987. The van der Waals surface area contributed by atoms with E-state index in [0.717, 1.165) is 12.2 Å². The van der Waals surface area contributed by atoms with Gasteiger partial charge in [-0.3, -0.25) is 0 Å². The Morgan fingerprint density at radius 2 is 2.28 bits per heavy atom. The first kappa shape index (κ1) is 13.2. The third-order valence-electron chi connectivity index (χ3n) is 3.54. The lowest BCUT2D eigenvalue weighted by molar-refractivity contribution is 0.0690. The molecule has 1 aliphatic carbocycles. The first-order valence-corrected chi connectivity index (χ1v) is 7.36. The Morgan fingerprint density at radius 3 is 2.89 bits per heavy atom. The molecule has 2 rings (SSSR count). The van der Waals surface area contributed by atoms with Crippen LogP contribution in [0.1, 0.15) is 36.2 Å². The van der Waals surface area contributed by atoms with Crippen molar-refractivity contribution >= 4 is 23.4 Å². The van der Waals surface area contributed by atoms with Gasteiger partial charge < -0.3 is 10.4 Å². The van der Waals surface area contributed by atoms with Crippen molar-refractivity contribution in [3.8, 4) is 0 Å². The van der Waals surface area contributed by atoms with E-state index >= 15 is 0 Å². The summed E-state index contributed by atoms with van der Waals surface area (Å²) in [7, 11) is 0. The number of hydrogen-bond donors (Lipinski definition) is 2. The van der Waals surface area contributed by atoms with Crippen molar-refractivity contribution in [3.05, 3.63) is 24.0 Å². The van der Waals surface area contributed by atoms with Crippen LogP contribution >= 0.6 is 11.8 Å². The molecule has 0 saturated heterocycles. The number of carboxylic acid groups (broad SMARTS) is 1. The zero-order chi connectivity index (χ0) is 13.0. The fourth-order valence-corrected chi connectivity index (χ4v) is 3.31. The number of carbonyl (C=O) groups is 1. The molecule has 18 heavy (non-hydrogen) atoms. The van der Waals surface area contributed by atoms with Gasteiger partial charge in [-0.05, 0) is 31.2 Å². The first-order chi connectivity index (χ1) is 8.65. The largest absolute Gasteiger partial charge is 0.477 e. The van der Waals surface area contributed by atoms with Crippen molar-refractivity contribution in [1.29, 1.82) is 0 Å². The minimum Gasteiger partial charge on any atom is -0.477 e. The molecule has 1 aromatic rings. The third kappa shape index (κ3) is 2.96. The van der Waals surface area contributed by atoms with E-state index in [0.29, 0.717) is 4.75 Å². The van der Waals surface area contributed by atoms with Crippen LogP contribution in [-0.4, -0.2) is 33.6 Å². The Balaban J connectivity index is 2.01. The van der Waals surface area contributed by atoms with Gasteiger partial charge in [-0.1, -0.05) is 12.8 Å². The highest BCUT2D eigenvalue weighted by Crippen LogP contribution is 2.40. The van der Waals surface area contributed by atoms with Crippen LogP contribution in [0.15, 0.2) is 18.3 Å². The molecule has 1 fully saturated rings. The molecule has 98 valence electrons. The van der Waals surface area contributed by atoms with Crippen molar-refractivity contribution in [2.75, 3.05) is 18.1 Å². The van der Waals surface area contributed by atoms with Crippen LogP contribution in [-0.2, 0) is 0 Å². The van der Waals surface area contributed by atoms with Gasteiger partial charge in [0.15, 0.2) is 0 Å². The Kier molecular flexibility index (Phi) is 4.11. The summed E-state index contributed by atoms with van der Waals surface area (Å²) in [6.07, 6.45) is 8.74. The lowest BCUT2D eigenvalue weighted by atomic mass is 10.1. The Hall–Kier alpha value is -1.23. The molecule has 1 aromatic heterocycles. The molecular weight excluding hydrogens is 248 g/mol. The Morgan fingerprint density at radius 1 is 1.56 bits per heavy atom. The second-order valence-electron chi connectivity index (χ2n) is 4.68. The molecule has 0 unspecified atom stereocenters. The summed E-state index contributed by atoms with van der Waals surface area (Å²) < 4.78 is 0.312. The number of aromatic nitrogens is 1. The van der Waals surface area contributed by atoms with Gasteiger partial charge in [0, 0.05) is 23.2 Å². The smallest absolute Gasteiger partial charge is 0.354 e.